The van der Waals surface area contributed by atoms with Gasteiger partial charge in [0.05, 0.1) is 5.54 Å². The van der Waals surface area contributed by atoms with Crippen LogP contribution in [0.3, 0.4) is 0 Å². The van der Waals surface area contributed by atoms with Gasteiger partial charge in [0, 0.05) is 5.56 Å². The second-order valence-corrected chi connectivity index (χ2v) is 4.28. The normalized spacial score (nSPS) is 17.0. The van der Waals surface area contributed by atoms with Crippen LogP contribution < -0.4 is 5.73 Å². The van der Waals surface area contributed by atoms with Crippen LogP contribution in [0.4, 0.5) is 0 Å². The molecule has 0 bridgehead atoms. The van der Waals surface area contributed by atoms with Gasteiger partial charge in [-0.15, -0.1) is 0 Å². The second kappa shape index (κ2) is 3.21. The Labute approximate surface area is 96.7 Å². The molecule has 88 valence electrons. The third-order valence-electron chi connectivity index (χ3n) is 2.87. The molecule has 1 saturated carbocycles. The highest BCUT2D eigenvalue weighted by molar-refractivity contribution is 5.60. The first-order chi connectivity index (χ1) is 8.08. The highest BCUT2D eigenvalue weighted by Gasteiger charge is 2.45. The van der Waals surface area contributed by atoms with E-state index in [0.29, 0.717) is 17.3 Å². The van der Waals surface area contributed by atoms with Crippen molar-refractivity contribution in [3.63, 3.8) is 0 Å². The van der Waals surface area contributed by atoms with Gasteiger partial charge in [-0.2, -0.15) is 4.98 Å². The average molecular weight is 233 g/mol. The largest absolute Gasteiger partial charge is 0.504 e. The Kier molecular flexibility index (Phi) is 1.90. The molecule has 4 N–H and O–H groups in total. The summed E-state index contributed by atoms with van der Waals surface area (Å²) in [6, 6.07) is 4.34. The van der Waals surface area contributed by atoms with Gasteiger partial charge in [-0.1, -0.05) is 5.16 Å². The van der Waals surface area contributed by atoms with Crippen LogP contribution in [0.2, 0.25) is 0 Å². The van der Waals surface area contributed by atoms with E-state index in [2.05, 4.69) is 10.1 Å². The van der Waals surface area contributed by atoms with Gasteiger partial charge in [0.1, 0.15) is 0 Å². The lowest BCUT2D eigenvalue weighted by atomic mass is 10.2. The zero-order valence-electron chi connectivity index (χ0n) is 8.92. The number of nitrogens with zero attached hydrogens (tertiary/aromatic N) is 2. The van der Waals surface area contributed by atoms with Crippen molar-refractivity contribution in [1.29, 1.82) is 0 Å². The molecule has 6 nitrogen and oxygen atoms in total. The Bertz CT molecular complexity index is 575. The molecule has 1 fully saturated rings. The molecule has 0 saturated heterocycles. The zero-order chi connectivity index (χ0) is 12.0. The van der Waals surface area contributed by atoms with E-state index in [1.54, 1.807) is 6.07 Å². The Hall–Kier alpha value is -2.08. The molecule has 1 aliphatic carbocycles. The number of phenols is 2. The topological polar surface area (TPSA) is 105 Å². The summed E-state index contributed by atoms with van der Waals surface area (Å²) in [6.07, 6.45) is 1.69. The number of aromatic nitrogens is 2. The number of hydrogen-bond acceptors (Lipinski definition) is 6. The predicted molar refractivity (Wildman–Crippen MR) is 58.2 cm³/mol. The lowest BCUT2D eigenvalue weighted by Crippen LogP contribution is -2.18. The van der Waals surface area contributed by atoms with Crippen molar-refractivity contribution >= 4 is 0 Å². The van der Waals surface area contributed by atoms with Crippen molar-refractivity contribution in [2.45, 2.75) is 18.4 Å². The molecule has 17 heavy (non-hydrogen) atoms. The van der Waals surface area contributed by atoms with Gasteiger partial charge in [0.15, 0.2) is 11.5 Å². The first-order valence-corrected chi connectivity index (χ1v) is 5.24. The summed E-state index contributed by atoms with van der Waals surface area (Å²) in [6.45, 7) is 0. The van der Waals surface area contributed by atoms with Gasteiger partial charge in [-0.3, -0.25) is 0 Å². The van der Waals surface area contributed by atoms with Crippen molar-refractivity contribution in [3.8, 4) is 22.9 Å². The van der Waals surface area contributed by atoms with Crippen molar-refractivity contribution in [3.05, 3.63) is 24.1 Å². The molecular weight excluding hydrogens is 222 g/mol. The first kappa shape index (κ1) is 10.1. The minimum atomic E-state index is -0.468. The molecule has 1 aromatic carbocycles. The molecule has 1 heterocycles. The van der Waals surface area contributed by atoms with E-state index in [-0.39, 0.29) is 11.5 Å². The van der Waals surface area contributed by atoms with Gasteiger partial charge >= 0.3 is 0 Å². The molecule has 0 radical (unpaired) electrons. The van der Waals surface area contributed by atoms with Gasteiger partial charge < -0.3 is 20.5 Å². The molecule has 0 unspecified atom stereocenters. The van der Waals surface area contributed by atoms with Gasteiger partial charge in [0.2, 0.25) is 11.7 Å². The first-order valence-electron chi connectivity index (χ1n) is 5.24. The van der Waals surface area contributed by atoms with Crippen LogP contribution >= 0.6 is 0 Å². The Morgan fingerprint density at radius 3 is 2.65 bits per heavy atom. The molecule has 0 spiro atoms. The van der Waals surface area contributed by atoms with Crippen molar-refractivity contribution < 1.29 is 14.7 Å². The predicted octanol–water partition coefficient (Wildman–Crippen LogP) is 1.10. The molecule has 6 heteroatoms. The second-order valence-electron chi connectivity index (χ2n) is 4.28. The van der Waals surface area contributed by atoms with Crippen LogP contribution in [-0.2, 0) is 5.54 Å². The SMILES string of the molecule is NC1(c2nc(-c3ccc(O)c(O)c3)no2)CC1. The lowest BCUT2D eigenvalue weighted by molar-refractivity contribution is 0.348. The van der Waals surface area contributed by atoms with Crippen LogP contribution in [0.15, 0.2) is 22.7 Å². The summed E-state index contributed by atoms with van der Waals surface area (Å²) in [5, 5.41) is 22.4. The number of nitrogens with two attached hydrogens (primary N) is 1. The number of benzene rings is 1. The van der Waals surface area contributed by atoms with Crippen molar-refractivity contribution in [2.75, 3.05) is 0 Å². The molecule has 2 aromatic rings. The van der Waals surface area contributed by atoms with E-state index in [1.807, 2.05) is 0 Å². The Balaban J connectivity index is 1.98. The van der Waals surface area contributed by atoms with Crippen molar-refractivity contribution in [1.82, 2.24) is 10.1 Å². The van der Waals surface area contributed by atoms with E-state index in [0.717, 1.165) is 12.8 Å². The summed E-state index contributed by atoms with van der Waals surface area (Å²) in [5.41, 5.74) is 6.03. The van der Waals surface area contributed by atoms with E-state index in [9.17, 15) is 10.2 Å². The van der Waals surface area contributed by atoms with Crippen LogP contribution in [0.5, 0.6) is 11.5 Å². The fraction of sp³-hybridized carbons (Fsp3) is 0.273. The zero-order valence-corrected chi connectivity index (χ0v) is 8.92. The van der Waals surface area contributed by atoms with E-state index < -0.39 is 5.54 Å². The van der Waals surface area contributed by atoms with Crippen LogP contribution in [-0.4, -0.2) is 20.4 Å². The maximum atomic E-state index is 9.38. The maximum Gasteiger partial charge on any atom is 0.247 e. The van der Waals surface area contributed by atoms with Gasteiger partial charge in [-0.25, -0.2) is 0 Å². The summed E-state index contributed by atoms with van der Waals surface area (Å²) >= 11 is 0. The lowest BCUT2D eigenvalue weighted by Gasteiger charge is -1.99. The van der Waals surface area contributed by atoms with Crippen LogP contribution in [0, 0.1) is 0 Å². The minimum absolute atomic E-state index is 0.185. The van der Waals surface area contributed by atoms with Gasteiger partial charge in [-0.05, 0) is 31.0 Å². The highest BCUT2D eigenvalue weighted by Crippen LogP contribution is 2.42. The molecular formula is C11H11N3O3. The Morgan fingerprint density at radius 2 is 2.00 bits per heavy atom. The number of aromatic hydroxyl groups is 2. The quantitative estimate of drug-likeness (QED) is 0.670. The van der Waals surface area contributed by atoms with Gasteiger partial charge in [0.25, 0.3) is 0 Å². The summed E-state index contributed by atoms with van der Waals surface area (Å²) < 4.78 is 5.09. The maximum absolute atomic E-state index is 9.38. The third-order valence-corrected chi connectivity index (χ3v) is 2.87. The van der Waals surface area contributed by atoms with Crippen molar-refractivity contribution in [2.24, 2.45) is 5.73 Å². The Morgan fingerprint density at radius 1 is 1.24 bits per heavy atom. The molecule has 0 amide bonds. The monoisotopic (exact) mass is 233 g/mol. The summed E-state index contributed by atoms with van der Waals surface area (Å²) in [7, 11) is 0. The fourth-order valence-corrected chi connectivity index (χ4v) is 1.55. The smallest absolute Gasteiger partial charge is 0.247 e. The number of phenolic OH excluding ortho intramolecular Hbond substituents is 2. The molecule has 1 aliphatic rings. The van der Waals surface area contributed by atoms with Crippen LogP contribution in [0.25, 0.3) is 11.4 Å². The van der Waals surface area contributed by atoms with E-state index >= 15 is 0 Å². The number of hydrogen-bond donors (Lipinski definition) is 3. The standard InChI is InChI=1S/C11H11N3O3/c12-11(3-4-11)10-13-9(14-17-10)6-1-2-7(15)8(16)5-6/h1-2,5,15-16H,3-4,12H2. The molecule has 0 atom stereocenters. The summed E-state index contributed by atoms with van der Waals surface area (Å²) in [5.74, 6) is 0.366. The van der Waals surface area contributed by atoms with E-state index in [1.165, 1.54) is 12.1 Å². The van der Waals surface area contributed by atoms with Crippen LogP contribution in [0.1, 0.15) is 18.7 Å². The average Bonchev–Trinajstić information content (AvgIpc) is 2.88. The number of rotatable bonds is 2. The fourth-order valence-electron chi connectivity index (χ4n) is 1.55. The third kappa shape index (κ3) is 1.62. The highest BCUT2D eigenvalue weighted by atomic mass is 16.5. The molecule has 1 aromatic heterocycles. The summed E-state index contributed by atoms with van der Waals surface area (Å²) in [4.78, 5) is 4.19. The minimum Gasteiger partial charge on any atom is -0.504 e. The molecule has 0 aliphatic heterocycles. The molecule has 3 rings (SSSR count). The van der Waals surface area contributed by atoms with E-state index in [4.69, 9.17) is 10.3 Å².